The van der Waals surface area contributed by atoms with E-state index in [1.54, 1.807) is 28.4 Å². The van der Waals surface area contributed by atoms with E-state index in [4.69, 9.17) is 32.7 Å². The Hall–Kier alpha value is -5.43. The molecule has 0 aliphatic carbocycles. The molecule has 0 saturated carbocycles. The predicted octanol–water partition coefficient (Wildman–Crippen LogP) is 13.8. The van der Waals surface area contributed by atoms with E-state index in [-0.39, 0.29) is 0 Å². The van der Waals surface area contributed by atoms with E-state index < -0.39 is 14.2 Å². The average molecular weight is 869 g/mol. The van der Waals surface area contributed by atoms with Crippen molar-refractivity contribution < 1.29 is 32.7 Å². The summed E-state index contributed by atoms with van der Waals surface area (Å²) in [4.78, 5) is 0. The Bertz CT molecular complexity index is 2060. The second kappa shape index (κ2) is 22.3. The van der Waals surface area contributed by atoms with Crippen LogP contribution in [0.25, 0.3) is 0 Å². The first-order chi connectivity index (χ1) is 30.6. The normalized spacial score (nSPS) is 11.9. The number of hydrogen-bond acceptors (Lipinski definition) is 7. The van der Waals surface area contributed by atoms with Crippen molar-refractivity contribution in [1.82, 2.24) is 0 Å². The van der Waals surface area contributed by atoms with Crippen LogP contribution >= 0.6 is 6.83 Å². The standard InChI is InChI=1S/C54H66BO7P/c1-9-11-13-47-35-41(3)15-33-53(47)60-55(61-54-34-16-42(4)36-48(54)14-12-10-2)62-63(37-43-17-25-49(56-5)26-18-43,38-44-19-27-50(57-6)28-20-44,39-45-21-29-51(58-7)30-22-45)40-46-23-31-52(59-8)32-24-46/h15-36H,9-14,37-40H2,1-8H3. The van der Waals surface area contributed by atoms with Gasteiger partial charge in [-0.15, -0.1) is 0 Å². The van der Waals surface area contributed by atoms with Crippen molar-refractivity contribution in [2.24, 2.45) is 0 Å². The van der Waals surface area contributed by atoms with E-state index in [2.05, 4.69) is 113 Å². The monoisotopic (exact) mass is 868 g/mol. The molecule has 0 aromatic heterocycles. The van der Waals surface area contributed by atoms with Gasteiger partial charge in [-0.05, 0) is 0 Å². The molecule has 9 heteroatoms. The molecule has 0 N–H and O–H groups in total. The molecule has 6 aromatic rings. The van der Waals surface area contributed by atoms with Crippen molar-refractivity contribution in [3.8, 4) is 34.5 Å². The summed E-state index contributed by atoms with van der Waals surface area (Å²) in [5.41, 5.74) is 9.15. The molecule has 63 heavy (non-hydrogen) atoms. The first-order valence-corrected chi connectivity index (χ1v) is 25.2. The number of rotatable bonds is 24. The molecule has 7 nitrogen and oxygen atoms in total. The molecule has 6 rings (SSSR count). The fourth-order valence-corrected chi connectivity index (χ4v) is 14.6. The third-order valence-corrected chi connectivity index (χ3v) is 17.3. The zero-order chi connectivity index (χ0) is 44.7. The van der Waals surface area contributed by atoms with Crippen LogP contribution in [0.15, 0.2) is 133 Å². The van der Waals surface area contributed by atoms with Crippen molar-refractivity contribution in [3.63, 3.8) is 0 Å². The van der Waals surface area contributed by atoms with Gasteiger partial charge in [0, 0.05) is 0 Å². The van der Waals surface area contributed by atoms with Crippen LogP contribution in [0.5, 0.6) is 34.5 Å². The minimum atomic E-state index is -3.86. The van der Waals surface area contributed by atoms with E-state index in [9.17, 15) is 0 Å². The molecule has 0 bridgehead atoms. The van der Waals surface area contributed by atoms with Gasteiger partial charge in [0.1, 0.15) is 0 Å². The van der Waals surface area contributed by atoms with Crippen molar-refractivity contribution in [2.45, 2.75) is 90.9 Å². The Balaban J connectivity index is 1.65. The van der Waals surface area contributed by atoms with Gasteiger partial charge in [0.05, 0.1) is 0 Å². The summed E-state index contributed by atoms with van der Waals surface area (Å²) < 4.78 is 45.5. The maximum absolute atomic E-state index is 8.22. The Labute approximate surface area is 377 Å². The summed E-state index contributed by atoms with van der Waals surface area (Å²) in [6, 6.07) is 46.5. The van der Waals surface area contributed by atoms with Crippen LogP contribution in [-0.2, 0) is 41.9 Å². The molecular formula is C54H66BO7P. The number of aryl methyl sites for hydroxylation is 4. The minimum absolute atomic E-state index is 0.607. The van der Waals surface area contributed by atoms with Gasteiger partial charge in [-0.25, -0.2) is 0 Å². The Kier molecular flexibility index (Phi) is 16.6. The zero-order valence-corrected chi connectivity index (χ0v) is 39.5. The molecule has 0 atom stereocenters. The number of benzene rings is 6. The summed E-state index contributed by atoms with van der Waals surface area (Å²) in [7, 11) is 5.69. The van der Waals surface area contributed by atoms with Crippen LogP contribution in [0, 0.1) is 13.8 Å². The van der Waals surface area contributed by atoms with Crippen molar-refractivity contribution in [3.05, 3.63) is 178 Å². The van der Waals surface area contributed by atoms with Crippen LogP contribution in [0.1, 0.15) is 84.0 Å². The van der Waals surface area contributed by atoms with E-state index in [0.29, 0.717) is 24.6 Å². The van der Waals surface area contributed by atoms with Crippen LogP contribution < -0.4 is 28.3 Å². The fraction of sp³-hybridized carbons (Fsp3) is 0.333. The van der Waals surface area contributed by atoms with Crippen molar-refractivity contribution in [2.75, 3.05) is 28.4 Å². The van der Waals surface area contributed by atoms with Gasteiger partial charge in [-0.2, -0.15) is 0 Å². The molecule has 6 aromatic carbocycles. The van der Waals surface area contributed by atoms with E-state index in [0.717, 1.165) is 106 Å². The van der Waals surface area contributed by atoms with Gasteiger partial charge >= 0.3 is 379 Å². The molecule has 0 aliphatic rings. The van der Waals surface area contributed by atoms with Gasteiger partial charge in [-0.1, -0.05) is 0 Å². The zero-order valence-electron chi connectivity index (χ0n) is 38.7. The second-order valence-electron chi connectivity index (χ2n) is 16.9. The fourth-order valence-electron chi connectivity index (χ4n) is 8.55. The molecule has 0 aliphatic heterocycles. The van der Waals surface area contributed by atoms with Gasteiger partial charge < -0.3 is 0 Å². The molecule has 0 amide bonds. The summed E-state index contributed by atoms with van der Waals surface area (Å²) >= 11 is 0. The molecule has 0 heterocycles. The molecule has 0 unspecified atom stereocenters. The number of ether oxygens (including phenoxy) is 4. The average Bonchev–Trinajstić information content (AvgIpc) is 3.30. The molecular weight excluding hydrogens is 802 g/mol. The van der Waals surface area contributed by atoms with Crippen LogP contribution in [0.2, 0.25) is 0 Å². The van der Waals surface area contributed by atoms with Gasteiger partial charge in [-0.3, -0.25) is 0 Å². The van der Waals surface area contributed by atoms with E-state index >= 15 is 0 Å². The van der Waals surface area contributed by atoms with Gasteiger partial charge in [0.2, 0.25) is 0 Å². The van der Waals surface area contributed by atoms with E-state index in [1.807, 2.05) is 48.5 Å². The van der Waals surface area contributed by atoms with E-state index in [1.165, 1.54) is 11.1 Å². The third kappa shape index (κ3) is 12.8. The van der Waals surface area contributed by atoms with Crippen LogP contribution in [0.4, 0.5) is 0 Å². The maximum atomic E-state index is 8.22. The number of hydrogen-bond donors (Lipinski definition) is 0. The Morgan fingerprint density at radius 1 is 0.413 bits per heavy atom. The summed E-state index contributed by atoms with van der Waals surface area (Å²) in [6.07, 6.45) is 8.40. The van der Waals surface area contributed by atoms with Gasteiger partial charge in [0.15, 0.2) is 0 Å². The molecule has 0 fully saturated rings. The first kappa shape index (κ1) is 47.1. The quantitative estimate of drug-likeness (QED) is 0.0443. The molecule has 0 radical (unpaired) electrons. The number of methoxy groups -OCH3 is 4. The van der Waals surface area contributed by atoms with Crippen molar-refractivity contribution >= 4 is 14.2 Å². The SMILES string of the molecule is CCCCc1cc(C)ccc1OB(Oc1ccc(C)cc1CCCC)OP(Cc1ccc(OC)cc1)(Cc1ccc(OC)cc1)(Cc1ccc(OC)cc1)Cc1ccc(OC)cc1. The molecule has 332 valence electrons. The summed E-state index contributed by atoms with van der Waals surface area (Å²) in [6.45, 7) is 4.86. The molecule has 0 saturated heterocycles. The third-order valence-electron chi connectivity index (χ3n) is 11.8. The second-order valence-corrected chi connectivity index (χ2v) is 22.1. The van der Waals surface area contributed by atoms with Gasteiger partial charge in [0.25, 0.3) is 0 Å². The molecule has 0 spiro atoms. The Morgan fingerprint density at radius 3 is 0.984 bits per heavy atom. The Morgan fingerprint density at radius 2 is 0.714 bits per heavy atom. The topological polar surface area (TPSA) is 64.6 Å². The number of unbranched alkanes of at least 4 members (excludes halogenated alkanes) is 2. The summed E-state index contributed by atoms with van der Waals surface area (Å²) in [5, 5.41) is 0. The van der Waals surface area contributed by atoms with Crippen molar-refractivity contribution in [1.29, 1.82) is 0 Å². The predicted molar refractivity (Wildman–Crippen MR) is 261 cm³/mol. The van der Waals surface area contributed by atoms with Crippen LogP contribution in [0.3, 0.4) is 0 Å². The first-order valence-electron chi connectivity index (χ1n) is 22.3. The van der Waals surface area contributed by atoms with Crippen LogP contribution in [-0.4, -0.2) is 35.8 Å². The summed E-state index contributed by atoms with van der Waals surface area (Å²) in [5.74, 6) is 4.71.